The van der Waals surface area contributed by atoms with Gasteiger partial charge in [-0.25, -0.2) is 4.79 Å². The first-order chi connectivity index (χ1) is 29.7. The van der Waals surface area contributed by atoms with Crippen molar-refractivity contribution in [1.29, 1.82) is 0 Å². The second-order valence-corrected chi connectivity index (χ2v) is 18.3. The molecule has 11 nitrogen and oxygen atoms in total. The minimum atomic E-state index is -1.83. The first kappa shape index (κ1) is 51.8. The molecule has 0 amide bonds. The van der Waals surface area contributed by atoms with E-state index in [1.807, 2.05) is 31.5 Å². The molecule has 2 unspecified atom stereocenters. The number of aliphatic imine (C=N–C) groups is 2. The van der Waals surface area contributed by atoms with Crippen LogP contribution in [0.25, 0.3) is 0 Å². The van der Waals surface area contributed by atoms with Crippen LogP contribution in [0.2, 0.25) is 0 Å². The third-order valence-corrected chi connectivity index (χ3v) is 13.6. The number of carbonyl (C=O) groups is 1. The number of hydrogen-bond donors (Lipinski definition) is 4. The van der Waals surface area contributed by atoms with Crippen molar-refractivity contribution >= 4 is 30.3 Å². The minimum absolute atomic E-state index is 0. The first-order valence-corrected chi connectivity index (χ1v) is 24.0. The van der Waals surface area contributed by atoms with Crippen LogP contribution in [0.4, 0.5) is 4.79 Å². The number of phenolic OH excluding ortho intramolecular Hbond substituents is 2. The van der Waals surface area contributed by atoms with Crippen molar-refractivity contribution in [3.8, 4) is 11.5 Å². The molecule has 2 aromatic rings. The predicted octanol–water partition coefficient (Wildman–Crippen LogP) is 9.65. The van der Waals surface area contributed by atoms with Crippen molar-refractivity contribution in [2.24, 2.45) is 9.98 Å². The maximum atomic E-state index is 11.8. The van der Waals surface area contributed by atoms with Gasteiger partial charge in [0.2, 0.25) is 11.7 Å². The van der Waals surface area contributed by atoms with Crippen LogP contribution in [0.1, 0.15) is 155 Å². The van der Waals surface area contributed by atoms with Crippen molar-refractivity contribution in [1.82, 2.24) is 9.80 Å². The van der Waals surface area contributed by atoms with Gasteiger partial charge in [-0.05, 0) is 145 Å². The van der Waals surface area contributed by atoms with Crippen LogP contribution in [0, 0.1) is 21.3 Å². The topological polar surface area (TPSA) is 135 Å². The molecule has 4 N–H and O–H groups in total. The third-order valence-electron chi connectivity index (χ3n) is 13.6. The summed E-state index contributed by atoms with van der Waals surface area (Å²) >= 11 is 0. The van der Waals surface area contributed by atoms with Gasteiger partial charge in [-0.1, -0.05) is 25.0 Å². The van der Waals surface area contributed by atoms with E-state index < -0.39 is 6.16 Å². The zero-order valence-electron chi connectivity index (χ0n) is 38.9. The number of benzene rings is 2. The molecule has 1 saturated carbocycles. The fourth-order valence-corrected chi connectivity index (χ4v) is 10.5. The molecular weight excluding hydrogens is 829 g/mol. The van der Waals surface area contributed by atoms with E-state index in [4.69, 9.17) is 25.0 Å². The zero-order chi connectivity index (χ0) is 43.0. The number of phenols is 2. The Morgan fingerprint density at radius 3 is 1.73 bits per heavy atom. The molecule has 5 aliphatic rings. The molecule has 0 spiro atoms. The molecule has 0 aromatic heterocycles. The molecule has 348 valence electrons. The smallest absolute Gasteiger partial charge is 0.503 e. The number of carboxylic acid groups (broad SMARTS) is 2. The first-order valence-electron chi connectivity index (χ1n) is 24.0. The monoisotopic (exact) mass is 908 g/mol. The van der Waals surface area contributed by atoms with E-state index in [0.717, 1.165) is 85.7 Å². The number of rotatable bonds is 15. The van der Waals surface area contributed by atoms with Gasteiger partial charge in [-0.3, -0.25) is 28.9 Å². The number of amidine groups is 2. The summed E-state index contributed by atoms with van der Waals surface area (Å²) < 4.78 is 5.36. The Labute approximate surface area is 389 Å². The summed E-state index contributed by atoms with van der Waals surface area (Å²) in [6.45, 7) is 13.7. The van der Waals surface area contributed by atoms with Gasteiger partial charge in [0.15, 0.2) is 0 Å². The zero-order valence-corrected chi connectivity index (χ0v) is 40.2. The molecule has 0 saturated heterocycles. The Morgan fingerprint density at radius 2 is 1.16 bits per heavy atom. The number of nitrogens with zero attached hydrogens (tertiary/aromatic N) is 6. The van der Waals surface area contributed by atoms with Gasteiger partial charge in [0.25, 0.3) is 0 Å². The molecule has 1 fully saturated rings. The molecule has 63 heavy (non-hydrogen) atoms. The van der Waals surface area contributed by atoms with Crippen molar-refractivity contribution in [2.45, 2.75) is 161 Å². The summed E-state index contributed by atoms with van der Waals surface area (Å²) in [5.74, 6) is 3.96. The second-order valence-electron chi connectivity index (χ2n) is 18.3. The molecule has 2 atom stereocenters. The SMILES string of the molecule is Cc1cc(C)c(O)c(C=NC2CCCCC2N=Cc2cc(CCCCCN3CCC[N+]4=C3CCCCC4)cc(CCCCN3CCC[N+]4=C3CCCCC4)c2O)c1.O=C(O)O.[CH3-].[Cr]. The summed E-state index contributed by atoms with van der Waals surface area (Å²) in [7, 11) is 0. The number of aromatic hydroxyl groups is 2. The Morgan fingerprint density at radius 1 is 0.651 bits per heavy atom. The molecule has 12 heteroatoms. The van der Waals surface area contributed by atoms with Crippen molar-refractivity contribution in [2.75, 3.05) is 52.4 Å². The Bertz CT molecular complexity index is 1890. The van der Waals surface area contributed by atoms with Crippen LogP contribution in [-0.4, -0.2) is 134 Å². The van der Waals surface area contributed by atoms with E-state index in [-0.39, 0.29) is 36.9 Å². The van der Waals surface area contributed by atoms with Crippen molar-refractivity contribution in [3.63, 3.8) is 0 Å². The molecule has 7 rings (SSSR count). The van der Waals surface area contributed by atoms with Crippen LogP contribution in [0.15, 0.2) is 34.3 Å². The molecule has 4 aliphatic heterocycles. The normalized spacial score (nSPS) is 20.5. The van der Waals surface area contributed by atoms with Crippen LogP contribution < -0.4 is 0 Å². The molecular formula is C51H79CrN6O5+. The van der Waals surface area contributed by atoms with Crippen LogP contribution >= 0.6 is 0 Å². The van der Waals surface area contributed by atoms with Gasteiger partial charge in [-0.15, -0.1) is 0 Å². The minimum Gasteiger partial charge on any atom is -0.507 e. The number of hydrogen-bond acceptors (Lipinski definition) is 7. The quantitative estimate of drug-likeness (QED) is 0.0605. The fraction of sp³-hybridized carbons (Fsp3) is 0.647. The molecule has 0 bridgehead atoms. The average molecular weight is 908 g/mol. The Hall–Kier alpha value is -3.88. The van der Waals surface area contributed by atoms with Gasteiger partial charge < -0.3 is 27.9 Å². The third kappa shape index (κ3) is 15.7. The van der Waals surface area contributed by atoms with Crippen LogP contribution in [-0.2, 0) is 30.2 Å². The van der Waals surface area contributed by atoms with E-state index in [0.29, 0.717) is 11.5 Å². The van der Waals surface area contributed by atoms with E-state index in [2.05, 4.69) is 38.0 Å². The molecule has 0 radical (unpaired) electrons. The Kier molecular flexibility index (Phi) is 22.0. The van der Waals surface area contributed by atoms with Crippen molar-refractivity contribution < 1.29 is 51.7 Å². The predicted molar refractivity (Wildman–Crippen MR) is 254 cm³/mol. The van der Waals surface area contributed by atoms with Gasteiger partial charge in [0.05, 0.1) is 64.4 Å². The molecule has 2 aromatic carbocycles. The standard InChI is InChI=1S/C49H72N6O2.CH2O3.CH3.Cr/c1-38-32-39(2)48(56)42(33-38)36-50-44-20-9-10-21-45(44)51-37-43-35-40(18-6-3-12-24-52-28-16-29-53-25-13-4-7-22-46(52)53)34-41(49(43)57)19-11-15-27-55-31-17-30-54-26-14-5-8-23-47(54)55;2-1(3)4;;/h32-37,44-45H,3-31H2,1-2H3;(H2,2,3,4);1H3;/q;;-1;/p+2. The molecule has 1 aliphatic carbocycles. The van der Waals surface area contributed by atoms with E-state index in [1.54, 1.807) is 11.7 Å². The van der Waals surface area contributed by atoms with Crippen molar-refractivity contribution in [3.05, 3.63) is 65.1 Å². The Balaban J connectivity index is 0.00000139. The summed E-state index contributed by atoms with van der Waals surface area (Å²) in [6, 6.07) is 8.67. The van der Waals surface area contributed by atoms with Gasteiger partial charge in [0.1, 0.15) is 11.5 Å². The van der Waals surface area contributed by atoms with Crippen LogP contribution in [0.5, 0.6) is 11.5 Å². The van der Waals surface area contributed by atoms with Crippen LogP contribution in [0.3, 0.4) is 0 Å². The van der Waals surface area contributed by atoms with Gasteiger partial charge in [-0.2, -0.15) is 0 Å². The van der Waals surface area contributed by atoms with Gasteiger partial charge >= 0.3 is 6.16 Å². The average Bonchev–Trinajstić information content (AvgIpc) is 3.65. The summed E-state index contributed by atoms with van der Waals surface area (Å²) in [5.41, 5.74) is 6.06. The maximum absolute atomic E-state index is 11.8. The largest absolute Gasteiger partial charge is 0.507 e. The van der Waals surface area contributed by atoms with E-state index in [9.17, 15) is 10.2 Å². The maximum Gasteiger partial charge on any atom is 0.503 e. The number of aryl methyl sites for hydroxylation is 4. The van der Waals surface area contributed by atoms with E-state index in [1.165, 1.54) is 135 Å². The second kappa shape index (κ2) is 26.8. The summed E-state index contributed by atoms with van der Waals surface area (Å²) in [4.78, 5) is 24.1. The van der Waals surface area contributed by atoms with E-state index >= 15 is 0 Å². The summed E-state index contributed by atoms with van der Waals surface area (Å²) in [5, 5.41) is 36.4. The van der Waals surface area contributed by atoms with Gasteiger partial charge in [0, 0.05) is 66.6 Å². The number of unbranched alkanes of at least 4 members (excludes halogenated alkanes) is 3. The fourth-order valence-electron chi connectivity index (χ4n) is 10.5. The molecule has 4 heterocycles. The summed E-state index contributed by atoms with van der Waals surface area (Å²) in [6.07, 6.45) is 27.2.